The van der Waals surface area contributed by atoms with Crippen LogP contribution in [0, 0.1) is 12.7 Å². The first-order chi connectivity index (χ1) is 12.7. The minimum Gasteiger partial charge on any atom is -0.326 e. The number of hydrogen-bond acceptors (Lipinski definition) is 4. The van der Waals surface area contributed by atoms with Gasteiger partial charge in [0.05, 0.1) is 24.5 Å². The number of nitrogens with zero attached hydrogens (tertiary/aromatic N) is 2. The van der Waals surface area contributed by atoms with E-state index in [0.29, 0.717) is 0 Å². The number of nitrogens with two attached hydrogens (primary N) is 1. The van der Waals surface area contributed by atoms with Gasteiger partial charge in [-0.2, -0.15) is 5.10 Å². The van der Waals surface area contributed by atoms with Crippen LogP contribution in [0.2, 0.25) is 0 Å². The van der Waals surface area contributed by atoms with Gasteiger partial charge in [-0.05, 0) is 36.2 Å². The summed E-state index contributed by atoms with van der Waals surface area (Å²) in [5, 5.41) is 11.7. The number of carbonyl (C=O) groups is 1. The van der Waals surface area contributed by atoms with Crippen molar-refractivity contribution < 1.29 is 17.6 Å². The van der Waals surface area contributed by atoms with E-state index in [9.17, 15) is 17.6 Å². The second kappa shape index (κ2) is 7.29. The van der Waals surface area contributed by atoms with Crippen molar-refractivity contribution in [1.29, 1.82) is 0 Å². The lowest BCUT2D eigenvalue weighted by atomic mass is 10.1. The van der Waals surface area contributed by atoms with Gasteiger partial charge in [0, 0.05) is 5.69 Å². The van der Waals surface area contributed by atoms with Crippen molar-refractivity contribution in [2.24, 2.45) is 5.14 Å². The number of carbonyl (C=O) groups excluding carboxylic acids is 1. The molecule has 0 spiro atoms. The predicted molar refractivity (Wildman–Crippen MR) is 98.4 cm³/mol. The summed E-state index contributed by atoms with van der Waals surface area (Å²) in [7, 11) is -4.13. The smallest absolute Gasteiger partial charge is 0.240 e. The predicted octanol–water partition coefficient (Wildman–Crippen LogP) is 2.15. The molecule has 0 atom stereocenters. The number of anilines is 1. The average molecular weight is 388 g/mol. The van der Waals surface area contributed by atoms with Crippen LogP contribution >= 0.6 is 0 Å². The number of aromatic nitrogens is 2. The SMILES string of the molecule is Cc1ccccc1CC(=O)Nc1ccc(-n2cc(F)cn2)c(S(N)(=O)=O)c1. The number of nitrogens with one attached hydrogen (secondary N) is 1. The molecular weight excluding hydrogens is 371 g/mol. The minimum atomic E-state index is -4.13. The Morgan fingerprint density at radius 1 is 1.26 bits per heavy atom. The van der Waals surface area contributed by atoms with E-state index in [0.717, 1.165) is 28.2 Å². The van der Waals surface area contributed by atoms with E-state index in [1.807, 2.05) is 31.2 Å². The van der Waals surface area contributed by atoms with Crippen LogP contribution in [-0.2, 0) is 21.2 Å². The van der Waals surface area contributed by atoms with Crippen LogP contribution in [0.3, 0.4) is 0 Å². The van der Waals surface area contributed by atoms with Crippen molar-refractivity contribution in [3.63, 3.8) is 0 Å². The van der Waals surface area contributed by atoms with Gasteiger partial charge in [-0.15, -0.1) is 0 Å². The quantitative estimate of drug-likeness (QED) is 0.698. The highest BCUT2D eigenvalue weighted by Gasteiger charge is 2.18. The molecule has 0 radical (unpaired) electrons. The van der Waals surface area contributed by atoms with Crippen LogP contribution in [0.1, 0.15) is 11.1 Å². The third kappa shape index (κ3) is 4.39. The Hall–Kier alpha value is -3.04. The molecule has 3 rings (SSSR count). The topological polar surface area (TPSA) is 107 Å². The first-order valence-corrected chi connectivity index (χ1v) is 9.50. The Balaban J connectivity index is 1.89. The zero-order valence-electron chi connectivity index (χ0n) is 14.4. The van der Waals surface area contributed by atoms with Crippen molar-refractivity contribution in [2.45, 2.75) is 18.2 Å². The number of amides is 1. The highest BCUT2D eigenvalue weighted by Crippen LogP contribution is 2.23. The fraction of sp³-hybridized carbons (Fsp3) is 0.111. The molecule has 0 aliphatic carbocycles. The summed E-state index contributed by atoms with van der Waals surface area (Å²) in [6, 6.07) is 11.6. The highest BCUT2D eigenvalue weighted by molar-refractivity contribution is 7.89. The maximum atomic E-state index is 13.2. The molecule has 3 N–H and O–H groups in total. The van der Waals surface area contributed by atoms with E-state index in [1.165, 1.54) is 18.2 Å². The lowest BCUT2D eigenvalue weighted by Crippen LogP contribution is -2.18. The molecule has 0 saturated carbocycles. The van der Waals surface area contributed by atoms with Crippen molar-refractivity contribution in [1.82, 2.24) is 9.78 Å². The number of halogens is 1. The van der Waals surface area contributed by atoms with E-state index in [2.05, 4.69) is 10.4 Å². The molecule has 2 aromatic carbocycles. The van der Waals surface area contributed by atoms with Crippen molar-refractivity contribution in [3.8, 4) is 5.69 Å². The number of sulfonamides is 1. The van der Waals surface area contributed by atoms with Crippen LogP contribution in [-0.4, -0.2) is 24.1 Å². The Morgan fingerprint density at radius 3 is 2.63 bits per heavy atom. The van der Waals surface area contributed by atoms with Gasteiger partial charge in [0.15, 0.2) is 5.82 Å². The largest absolute Gasteiger partial charge is 0.326 e. The fourth-order valence-electron chi connectivity index (χ4n) is 2.63. The van der Waals surface area contributed by atoms with E-state index in [-0.39, 0.29) is 28.6 Å². The van der Waals surface area contributed by atoms with Gasteiger partial charge in [-0.3, -0.25) is 4.79 Å². The van der Waals surface area contributed by atoms with Gasteiger partial charge < -0.3 is 5.32 Å². The van der Waals surface area contributed by atoms with Gasteiger partial charge in [0.2, 0.25) is 15.9 Å². The van der Waals surface area contributed by atoms with E-state index < -0.39 is 15.8 Å². The summed E-state index contributed by atoms with van der Waals surface area (Å²) in [6.45, 7) is 1.90. The molecule has 9 heteroatoms. The molecule has 1 heterocycles. The number of aryl methyl sites for hydroxylation is 1. The molecule has 0 bridgehead atoms. The normalized spacial score (nSPS) is 11.4. The monoisotopic (exact) mass is 388 g/mol. The van der Waals surface area contributed by atoms with Crippen LogP contribution in [0.25, 0.3) is 5.69 Å². The second-order valence-electron chi connectivity index (χ2n) is 5.98. The molecule has 0 saturated heterocycles. The van der Waals surface area contributed by atoms with Gasteiger partial charge in [-0.1, -0.05) is 24.3 Å². The molecule has 3 aromatic rings. The standard InChI is InChI=1S/C18H17FN4O3S/c1-12-4-2-3-5-13(12)8-18(24)22-15-6-7-16(17(9-15)27(20,25)26)23-11-14(19)10-21-23/h2-7,9-11H,8H2,1H3,(H,22,24)(H2,20,25,26). The summed E-state index contributed by atoms with van der Waals surface area (Å²) in [6.07, 6.45) is 2.12. The Morgan fingerprint density at radius 2 is 2.00 bits per heavy atom. The first-order valence-electron chi connectivity index (χ1n) is 7.96. The lowest BCUT2D eigenvalue weighted by molar-refractivity contribution is -0.115. The summed E-state index contributed by atoms with van der Waals surface area (Å²) in [5.41, 5.74) is 2.19. The van der Waals surface area contributed by atoms with E-state index >= 15 is 0 Å². The number of benzene rings is 2. The molecule has 7 nitrogen and oxygen atoms in total. The van der Waals surface area contributed by atoms with E-state index in [4.69, 9.17) is 5.14 Å². The zero-order valence-corrected chi connectivity index (χ0v) is 15.2. The summed E-state index contributed by atoms with van der Waals surface area (Å²) >= 11 is 0. The average Bonchev–Trinajstić information content (AvgIpc) is 3.02. The molecule has 140 valence electrons. The molecule has 0 aliphatic heterocycles. The number of hydrogen-bond donors (Lipinski definition) is 2. The van der Waals surface area contributed by atoms with Gasteiger partial charge in [0.25, 0.3) is 0 Å². The molecule has 0 unspecified atom stereocenters. The minimum absolute atomic E-state index is 0.0818. The highest BCUT2D eigenvalue weighted by atomic mass is 32.2. The van der Waals surface area contributed by atoms with Crippen molar-refractivity contribution >= 4 is 21.6 Å². The van der Waals surface area contributed by atoms with Crippen LogP contribution < -0.4 is 10.5 Å². The maximum absolute atomic E-state index is 13.2. The number of rotatable bonds is 5. The van der Waals surface area contributed by atoms with E-state index in [1.54, 1.807) is 0 Å². The summed E-state index contributed by atoms with van der Waals surface area (Å²) in [4.78, 5) is 12.0. The molecular formula is C18H17FN4O3S. The molecule has 27 heavy (non-hydrogen) atoms. The second-order valence-corrected chi connectivity index (χ2v) is 7.51. The van der Waals surface area contributed by atoms with Gasteiger partial charge in [0.1, 0.15) is 4.90 Å². The Bertz CT molecular complexity index is 1110. The van der Waals surface area contributed by atoms with Gasteiger partial charge in [-0.25, -0.2) is 22.6 Å². The first kappa shape index (κ1) is 18.7. The van der Waals surface area contributed by atoms with Crippen molar-refractivity contribution in [2.75, 3.05) is 5.32 Å². The maximum Gasteiger partial charge on any atom is 0.240 e. The third-order valence-corrected chi connectivity index (χ3v) is 4.90. The molecule has 1 amide bonds. The van der Waals surface area contributed by atoms with Crippen LogP contribution in [0.15, 0.2) is 59.8 Å². The van der Waals surface area contributed by atoms with Gasteiger partial charge >= 0.3 is 0 Å². The van der Waals surface area contributed by atoms with Crippen LogP contribution in [0.5, 0.6) is 0 Å². The summed E-state index contributed by atoms with van der Waals surface area (Å²) < 4.78 is 38.1. The zero-order chi connectivity index (χ0) is 19.6. The summed E-state index contributed by atoms with van der Waals surface area (Å²) in [5.74, 6) is -0.923. The van der Waals surface area contributed by atoms with Crippen LogP contribution in [0.4, 0.5) is 10.1 Å². The lowest BCUT2D eigenvalue weighted by Gasteiger charge is -2.12. The number of primary sulfonamides is 1. The molecule has 1 aromatic heterocycles. The van der Waals surface area contributed by atoms with Crippen molar-refractivity contribution in [3.05, 3.63) is 71.8 Å². The Kier molecular flexibility index (Phi) is 5.06. The third-order valence-electron chi connectivity index (χ3n) is 3.96. The fourth-order valence-corrected chi connectivity index (χ4v) is 3.37. The molecule has 0 fully saturated rings. The molecule has 0 aliphatic rings. The Labute approximate surface area is 155 Å².